The Hall–Kier alpha value is -3.22. The molecule has 7 heteroatoms. The highest BCUT2D eigenvalue weighted by atomic mass is 16.6. The summed E-state index contributed by atoms with van der Waals surface area (Å²) in [5.41, 5.74) is 4.85. The Balaban J connectivity index is 1.88. The summed E-state index contributed by atoms with van der Waals surface area (Å²) >= 11 is 0. The van der Waals surface area contributed by atoms with Gasteiger partial charge >= 0.3 is 0 Å². The van der Waals surface area contributed by atoms with Crippen LogP contribution in [0.2, 0.25) is 0 Å². The van der Waals surface area contributed by atoms with Gasteiger partial charge in [0.15, 0.2) is 6.61 Å². The molecule has 2 rings (SSSR count). The number of aryl methyl sites for hydroxylation is 1. The number of benzene rings is 2. The molecule has 1 amide bonds. The van der Waals surface area contributed by atoms with Crippen LogP contribution in [0.15, 0.2) is 47.6 Å². The van der Waals surface area contributed by atoms with E-state index in [1.165, 1.54) is 18.3 Å². The van der Waals surface area contributed by atoms with Gasteiger partial charge in [-0.05, 0) is 31.0 Å². The summed E-state index contributed by atoms with van der Waals surface area (Å²) in [5, 5.41) is 14.4. The van der Waals surface area contributed by atoms with Crippen LogP contribution in [0.1, 0.15) is 16.7 Å². The largest absolute Gasteiger partial charge is 0.483 e. The molecular formula is C17H17N3O4. The van der Waals surface area contributed by atoms with Crippen molar-refractivity contribution in [2.75, 3.05) is 6.61 Å². The van der Waals surface area contributed by atoms with Crippen molar-refractivity contribution < 1.29 is 14.5 Å². The minimum atomic E-state index is -0.492. The second kappa shape index (κ2) is 7.87. The average Bonchev–Trinajstić information content (AvgIpc) is 2.56. The minimum absolute atomic E-state index is 0.0384. The highest BCUT2D eigenvalue weighted by Gasteiger charge is 2.06. The van der Waals surface area contributed by atoms with Crippen LogP contribution in [0.3, 0.4) is 0 Å². The first-order valence-corrected chi connectivity index (χ1v) is 7.23. The Labute approximate surface area is 139 Å². The van der Waals surface area contributed by atoms with Gasteiger partial charge in [0.05, 0.1) is 11.1 Å². The van der Waals surface area contributed by atoms with Crippen molar-refractivity contribution >= 4 is 17.8 Å². The molecule has 1 N–H and O–H groups in total. The van der Waals surface area contributed by atoms with Crippen molar-refractivity contribution in [3.63, 3.8) is 0 Å². The smallest absolute Gasteiger partial charge is 0.277 e. The van der Waals surface area contributed by atoms with E-state index >= 15 is 0 Å². The third-order valence-corrected chi connectivity index (χ3v) is 3.40. The third kappa shape index (κ3) is 4.64. The Kier molecular flexibility index (Phi) is 5.62. The number of ether oxygens (including phenoxy) is 1. The maximum atomic E-state index is 11.7. The quantitative estimate of drug-likeness (QED) is 0.501. The molecule has 0 aliphatic heterocycles. The Morgan fingerprint density at radius 3 is 2.79 bits per heavy atom. The SMILES string of the molecule is Cc1cccc(OCC(=O)NN=Cc2cccc([N+](=O)[O-])c2)c1C. The zero-order valence-electron chi connectivity index (χ0n) is 13.4. The first kappa shape index (κ1) is 17.1. The number of nitrogens with one attached hydrogen (secondary N) is 1. The first-order valence-electron chi connectivity index (χ1n) is 7.23. The molecule has 124 valence electrons. The number of nitro groups is 1. The predicted octanol–water partition coefficient (Wildman–Crippen LogP) is 2.74. The van der Waals surface area contributed by atoms with E-state index < -0.39 is 10.8 Å². The molecule has 0 radical (unpaired) electrons. The summed E-state index contributed by atoms with van der Waals surface area (Å²) in [4.78, 5) is 21.9. The molecule has 0 aliphatic carbocycles. The van der Waals surface area contributed by atoms with E-state index in [1.807, 2.05) is 26.0 Å². The maximum absolute atomic E-state index is 11.7. The van der Waals surface area contributed by atoms with E-state index in [0.717, 1.165) is 11.1 Å². The number of nitrogens with zero attached hydrogens (tertiary/aromatic N) is 2. The van der Waals surface area contributed by atoms with Crippen LogP contribution in [0.25, 0.3) is 0 Å². The monoisotopic (exact) mass is 327 g/mol. The van der Waals surface area contributed by atoms with Crippen LogP contribution in [0.4, 0.5) is 5.69 Å². The number of nitro benzene ring substituents is 1. The molecule has 0 saturated carbocycles. The second-order valence-electron chi connectivity index (χ2n) is 5.13. The molecule has 0 unspecified atom stereocenters. The molecule has 0 saturated heterocycles. The van der Waals surface area contributed by atoms with Gasteiger partial charge in [-0.2, -0.15) is 5.10 Å². The van der Waals surface area contributed by atoms with E-state index in [0.29, 0.717) is 11.3 Å². The summed E-state index contributed by atoms with van der Waals surface area (Å²) in [6.07, 6.45) is 1.34. The normalized spacial score (nSPS) is 10.6. The van der Waals surface area contributed by atoms with Gasteiger partial charge in [-0.25, -0.2) is 5.43 Å². The van der Waals surface area contributed by atoms with Crippen molar-refractivity contribution in [3.05, 3.63) is 69.3 Å². The van der Waals surface area contributed by atoms with Gasteiger partial charge in [0.25, 0.3) is 11.6 Å². The molecule has 0 heterocycles. The Morgan fingerprint density at radius 2 is 2.04 bits per heavy atom. The highest BCUT2D eigenvalue weighted by molar-refractivity contribution is 5.83. The van der Waals surface area contributed by atoms with E-state index in [4.69, 9.17) is 4.74 Å². The average molecular weight is 327 g/mol. The molecule has 0 bridgehead atoms. The fourth-order valence-electron chi connectivity index (χ4n) is 1.95. The van der Waals surface area contributed by atoms with Crippen molar-refractivity contribution in [1.29, 1.82) is 0 Å². The van der Waals surface area contributed by atoms with Crippen molar-refractivity contribution in [2.45, 2.75) is 13.8 Å². The fourth-order valence-corrected chi connectivity index (χ4v) is 1.95. The lowest BCUT2D eigenvalue weighted by molar-refractivity contribution is -0.384. The number of hydrogen-bond acceptors (Lipinski definition) is 5. The Bertz CT molecular complexity index is 787. The van der Waals surface area contributed by atoms with Crippen LogP contribution in [0.5, 0.6) is 5.75 Å². The van der Waals surface area contributed by atoms with E-state index in [-0.39, 0.29) is 12.3 Å². The maximum Gasteiger partial charge on any atom is 0.277 e. The molecule has 0 fully saturated rings. The number of rotatable bonds is 6. The number of amides is 1. The number of non-ortho nitro benzene ring substituents is 1. The number of carbonyl (C=O) groups is 1. The molecular weight excluding hydrogens is 310 g/mol. The summed E-state index contributed by atoms with van der Waals surface area (Å²) < 4.78 is 5.46. The van der Waals surface area contributed by atoms with Crippen molar-refractivity contribution in [1.82, 2.24) is 5.43 Å². The standard InChI is InChI=1S/C17H17N3O4/c1-12-5-3-8-16(13(12)2)24-11-17(21)19-18-10-14-6-4-7-15(9-14)20(22)23/h3-10H,11H2,1-2H3,(H,19,21). The van der Waals surface area contributed by atoms with Gasteiger partial charge in [-0.1, -0.05) is 24.3 Å². The highest BCUT2D eigenvalue weighted by Crippen LogP contribution is 2.20. The number of hydrazone groups is 1. The number of carbonyl (C=O) groups excluding carboxylic acids is 1. The lowest BCUT2D eigenvalue weighted by Crippen LogP contribution is -2.24. The minimum Gasteiger partial charge on any atom is -0.483 e. The molecule has 0 atom stereocenters. The summed E-state index contributed by atoms with van der Waals surface area (Å²) in [7, 11) is 0. The molecule has 0 aromatic heterocycles. The van der Waals surface area contributed by atoms with E-state index in [9.17, 15) is 14.9 Å². The van der Waals surface area contributed by atoms with Crippen LogP contribution < -0.4 is 10.2 Å². The summed E-state index contributed by atoms with van der Waals surface area (Å²) in [6.45, 7) is 3.71. The molecule has 2 aromatic carbocycles. The zero-order valence-corrected chi connectivity index (χ0v) is 13.4. The van der Waals surface area contributed by atoms with Gasteiger partial charge < -0.3 is 4.74 Å². The lowest BCUT2D eigenvalue weighted by Gasteiger charge is -2.09. The van der Waals surface area contributed by atoms with Crippen LogP contribution in [0, 0.1) is 24.0 Å². The molecule has 0 spiro atoms. The topological polar surface area (TPSA) is 93.8 Å². The third-order valence-electron chi connectivity index (χ3n) is 3.40. The molecule has 24 heavy (non-hydrogen) atoms. The van der Waals surface area contributed by atoms with Crippen molar-refractivity contribution in [2.24, 2.45) is 5.10 Å². The van der Waals surface area contributed by atoms with Crippen LogP contribution in [-0.2, 0) is 4.79 Å². The van der Waals surface area contributed by atoms with Crippen LogP contribution >= 0.6 is 0 Å². The number of hydrogen-bond donors (Lipinski definition) is 1. The molecule has 0 aliphatic rings. The van der Waals surface area contributed by atoms with Gasteiger partial charge in [-0.15, -0.1) is 0 Å². The predicted molar refractivity (Wildman–Crippen MR) is 90.2 cm³/mol. The van der Waals surface area contributed by atoms with Gasteiger partial charge in [0, 0.05) is 17.7 Å². The van der Waals surface area contributed by atoms with Crippen molar-refractivity contribution in [3.8, 4) is 5.75 Å². The molecule has 7 nitrogen and oxygen atoms in total. The summed E-state index contributed by atoms with van der Waals surface area (Å²) in [6, 6.07) is 11.6. The molecule has 2 aromatic rings. The van der Waals surface area contributed by atoms with Gasteiger partial charge in [-0.3, -0.25) is 14.9 Å². The van der Waals surface area contributed by atoms with Gasteiger partial charge in [0.1, 0.15) is 5.75 Å². The van der Waals surface area contributed by atoms with E-state index in [2.05, 4.69) is 10.5 Å². The Morgan fingerprint density at radius 1 is 1.29 bits per heavy atom. The lowest BCUT2D eigenvalue weighted by atomic mass is 10.1. The first-order chi connectivity index (χ1) is 11.5. The van der Waals surface area contributed by atoms with Crippen LogP contribution in [-0.4, -0.2) is 23.7 Å². The van der Waals surface area contributed by atoms with E-state index in [1.54, 1.807) is 18.2 Å². The summed E-state index contributed by atoms with van der Waals surface area (Å²) in [5.74, 6) is 0.227. The second-order valence-corrected chi connectivity index (χ2v) is 5.13. The fraction of sp³-hybridized carbons (Fsp3) is 0.176. The van der Waals surface area contributed by atoms with Gasteiger partial charge in [0.2, 0.25) is 0 Å². The zero-order chi connectivity index (χ0) is 17.5.